The molecule has 0 spiro atoms. The van der Waals surface area contributed by atoms with Crippen LogP contribution in [0.5, 0.6) is 5.75 Å². The van der Waals surface area contributed by atoms with Crippen molar-refractivity contribution in [2.24, 2.45) is 5.92 Å². The van der Waals surface area contributed by atoms with Gasteiger partial charge in [-0.3, -0.25) is 0 Å². The Labute approximate surface area is 102 Å². The van der Waals surface area contributed by atoms with Gasteiger partial charge in [0.05, 0.1) is 0 Å². The Morgan fingerprint density at radius 2 is 2.24 bits per heavy atom. The topological polar surface area (TPSA) is 32.3 Å². The molecule has 2 rings (SSSR count). The van der Waals surface area contributed by atoms with E-state index >= 15 is 0 Å². The smallest absolute Gasteiger partial charge is 0.165 e. The first kappa shape index (κ1) is 12.4. The molecule has 1 fully saturated rings. The molecule has 17 heavy (non-hydrogen) atoms. The summed E-state index contributed by atoms with van der Waals surface area (Å²) in [5.41, 5.74) is 0.888. The fourth-order valence-corrected chi connectivity index (χ4v) is 2.54. The maximum Gasteiger partial charge on any atom is 0.165 e. The molecule has 1 aromatic carbocycles. The number of hydrogen-bond acceptors (Lipinski definition) is 2. The van der Waals surface area contributed by atoms with Gasteiger partial charge in [-0.25, -0.2) is 4.39 Å². The van der Waals surface area contributed by atoms with Crippen LogP contribution in [0, 0.1) is 11.7 Å². The third kappa shape index (κ3) is 3.43. The molecule has 0 heterocycles. The van der Waals surface area contributed by atoms with Crippen LogP contribution in [-0.2, 0) is 6.54 Å². The lowest BCUT2D eigenvalue weighted by Crippen LogP contribution is -2.33. The van der Waals surface area contributed by atoms with Crippen molar-refractivity contribution in [3.8, 4) is 5.75 Å². The van der Waals surface area contributed by atoms with E-state index in [2.05, 4.69) is 12.2 Å². The Morgan fingerprint density at radius 3 is 2.94 bits per heavy atom. The Morgan fingerprint density at radius 1 is 1.41 bits per heavy atom. The lowest BCUT2D eigenvalue weighted by atomic mass is 9.87. The van der Waals surface area contributed by atoms with E-state index in [0.717, 1.165) is 11.5 Å². The number of halogens is 1. The molecule has 1 aromatic rings. The lowest BCUT2D eigenvalue weighted by Gasteiger charge is -2.27. The summed E-state index contributed by atoms with van der Waals surface area (Å²) in [7, 11) is 0. The van der Waals surface area contributed by atoms with Crippen LogP contribution in [0.1, 0.15) is 38.2 Å². The molecule has 3 heteroatoms. The first-order chi connectivity index (χ1) is 8.15. The van der Waals surface area contributed by atoms with Gasteiger partial charge in [0.1, 0.15) is 0 Å². The zero-order chi connectivity index (χ0) is 12.3. The van der Waals surface area contributed by atoms with Gasteiger partial charge in [0.15, 0.2) is 11.6 Å². The van der Waals surface area contributed by atoms with Crippen molar-refractivity contribution in [2.45, 2.75) is 45.2 Å². The van der Waals surface area contributed by atoms with E-state index in [1.165, 1.54) is 37.8 Å². The van der Waals surface area contributed by atoms with Gasteiger partial charge in [0, 0.05) is 12.6 Å². The molecule has 0 bridgehead atoms. The summed E-state index contributed by atoms with van der Waals surface area (Å²) in [5, 5.41) is 12.6. The minimum atomic E-state index is -0.540. The van der Waals surface area contributed by atoms with Gasteiger partial charge >= 0.3 is 0 Å². The van der Waals surface area contributed by atoms with Crippen LogP contribution >= 0.6 is 0 Å². The molecule has 1 aliphatic rings. The minimum Gasteiger partial charge on any atom is -0.505 e. The van der Waals surface area contributed by atoms with Crippen molar-refractivity contribution in [1.82, 2.24) is 5.32 Å². The Kier molecular flexibility index (Phi) is 4.00. The Hall–Kier alpha value is -1.09. The van der Waals surface area contributed by atoms with Crippen molar-refractivity contribution in [1.29, 1.82) is 0 Å². The van der Waals surface area contributed by atoms with Crippen molar-refractivity contribution < 1.29 is 9.50 Å². The van der Waals surface area contributed by atoms with Crippen LogP contribution in [0.15, 0.2) is 18.2 Å². The molecule has 0 radical (unpaired) electrons. The third-order valence-electron chi connectivity index (χ3n) is 3.54. The van der Waals surface area contributed by atoms with Crippen LogP contribution in [-0.4, -0.2) is 11.1 Å². The second-order valence-corrected chi connectivity index (χ2v) is 5.14. The second-order valence-electron chi connectivity index (χ2n) is 5.14. The molecule has 2 atom stereocenters. The molecule has 2 unspecified atom stereocenters. The molecule has 1 aliphatic carbocycles. The summed E-state index contributed by atoms with van der Waals surface area (Å²) in [4.78, 5) is 0. The van der Waals surface area contributed by atoms with Gasteiger partial charge in [-0.05, 0) is 36.5 Å². The first-order valence-electron chi connectivity index (χ1n) is 6.36. The standard InChI is InChI=1S/C14H20FNO/c1-10-3-2-4-12(7-10)16-9-11-5-6-14(17)13(15)8-11/h5-6,8,10,12,16-17H,2-4,7,9H2,1H3. The highest BCUT2D eigenvalue weighted by atomic mass is 19.1. The van der Waals surface area contributed by atoms with Crippen LogP contribution in [0.3, 0.4) is 0 Å². The first-order valence-corrected chi connectivity index (χ1v) is 6.36. The lowest BCUT2D eigenvalue weighted by molar-refractivity contribution is 0.300. The van der Waals surface area contributed by atoms with Gasteiger partial charge < -0.3 is 10.4 Å². The molecular weight excluding hydrogens is 217 g/mol. The zero-order valence-corrected chi connectivity index (χ0v) is 10.2. The molecule has 2 N–H and O–H groups in total. The summed E-state index contributed by atoms with van der Waals surface area (Å²) in [6.07, 6.45) is 5.03. The van der Waals surface area contributed by atoms with Crippen molar-refractivity contribution in [2.75, 3.05) is 0 Å². The van der Waals surface area contributed by atoms with Crippen molar-refractivity contribution >= 4 is 0 Å². The van der Waals surface area contributed by atoms with E-state index in [4.69, 9.17) is 5.11 Å². The Balaban J connectivity index is 1.86. The zero-order valence-electron chi connectivity index (χ0n) is 10.2. The maximum absolute atomic E-state index is 13.1. The summed E-state index contributed by atoms with van der Waals surface area (Å²) >= 11 is 0. The van der Waals surface area contributed by atoms with Crippen LogP contribution < -0.4 is 5.32 Å². The summed E-state index contributed by atoms with van der Waals surface area (Å²) < 4.78 is 13.1. The van der Waals surface area contributed by atoms with E-state index in [1.54, 1.807) is 6.07 Å². The highest BCUT2D eigenvalue weighted by Crippen LogP contribution is 2.24. The average Bonchev–Trinajstić information content (AvgIpc) is 2.31. The van der Waals surface area contributed by atoms with E-state index in [-0.39, 0.29) is 5.75 Å². The average molecular weight is 237 g/mol. The number of rotatable bonds is 3. The van der Waals surface area contributed by atoms with E-state index in [0.29, 0.717) is 12.6 Å². The quantitative estimate of drug-likeness (QED) is 0.846. The van der Waals surface area contributed by atoms with E-state index in [9.17, 15) is 4.39 Å². The molecule has 2 nitrogen and oxygen atoms in total. The normalized spacial score (nSPS) is 24.8. The monoisotopic (exact) mass is 237 g/mol. The van der Waals surface area contributed by atoms with Gasteiger partial charge in [0.25, 0.3) is 0 Å². The van der Waals surface area contributed by atoms with Crippen LogP contribution in [0.25, 0.3) is 0 Å². The highest BCUT2D eigenvalue weighted by molar-refractivity contribution is 5.27. The van der Waals surface area contributed by atoms with Gasteiger partial charge in [0.2, 0.25) is 0 Å². The number of phenols is 1. The number of hydrogen-bond donors (Lipinski definition) is 2. The summed E-state index contributed by atoms with van der Waals surface area (Å²) in [5.74, 6) is -0.0286. The second kappa shape index (κ2) is 5.50. The van der Waals surface area contributed by atoms with Crippen molar-refractivity contribution in [3.05, 3.63) is 29.6 Å². The fraction of sp³-hybridized carbons (Fsp3) is 0.571. The summed E-state index contributed by atoms with van der Waals surface area (Å²) in [6.45, 7) is 2.96. The number of benzene rings is 1. The predicted molar refractivity (Wildman–Crippen MR) is 66.3 cm³/mol. The van der Waals surface area contributed by atoms with Gasteiger partial charge in [-0.1, -0.05) is 25.8 Å². The molecule has 94 valence electrons. The molecule has 0 aliphatic heterocycles. The predicted octanol–water partition coefficient (Wildman–Crippen LogP) is 3.20. The van der Waals surface area contributed by atoms with E-state index in [1.807, 2.05) is 0 Å². The molecular formula is C14H20FNO. The van der Waals surface area contributed by atoms with Crippen LogP contribution in [0.4, 0.5) is 4.39 Å². The number of nitrogens with one attached hydrogen (secondary N) is 1. The SMILES string of the molecule is CC1CCCC(NCc2ccc(O)c(F)c2)C1. The maximum atomic E-state index is 13.1. The molecule has 0 saturated heterocycles. The van der Waals surface area contributed by atoms with Gasteiger partial charge in [-0.15, -0.1) is 0 Å². The minimum absolute atomic E-state index is 0.278. The Bertz CT molecular complexity index is 380. The van der Waals surface area contributed by atoms with Crippen LogP contribution in [0.2, 0.25) is 0 Å². The third-order valence-corrected chi connectivity index (χ3v) is 3.54. The number of phenolic OH excluding ortho intramolecular Hbond substituents is 1. The highest BCUT2D eigenvalue weighted by Gasteiger charge is 2.18. The largest absolute Gasteiger partial charge is 0.505 e. The molecule has 0 aromatic heterocycles. The molecule has 1 saturated carbocycles. The fourth-order valence-electron chi connectivity index (χ4n) is 2.54. The van der Waals surface area contributed by atoms with Gasteiger partial charge in [-0.2, -0.15) is 0 Å². The van der Waals surface area contributed by atoms with Crippen molar-refractivity contribution in [3.63, 3.8) is 0 Å². The molecule has 0 amide bonds. The summed E-state index contributed by atoms with van der Waals surface area (Å²) in [6, 6.07) is 5.12. The van der Waals surface area contributed by atoms with E-state index < -0.39 is 5.82 Å². The number of aromatic hydroxyl groups is 1.